The first-order valence-corrected chi connectivity index (χ1v) is 8.79. The average molecular weight is 418 g/mol. The Hall–Kier alpha value is -2.62. The fraction of sp³-hybridized carbons (Fsp3) is 0.222. The molecule has 3 nitrogen and oxygen atoms in total. The van der Waals surface area contributed by atoms with Gasteiger partial charge in [0.25, 0.3) is 5.91 Å². The van der Waals surface area contributed by atoms with E-state index in [9.17, 15) is 31.1 Å². The maximum atomic E-state index is 13.0. The van der Waals surface area contributed by atoms with Gasteiger partial charge in [0.1, 0.15) is 0 Å². The van der Waals surface area contributed by atoms with Gasteiger partial charge in [-0.1, -0.05) is 23.5 Å². The minimum Gasteiger partial charge on any atom is -0.284 e. The van der Waals surface area contributed by atoms with E-state index in [4.69, 9.17) is 0 Å². The lowest BCUT2D eigenvalue weighted by Gasteiger charge is -2.20. The number of rotatable bonds is 3. The maximum absolute atomic E-state index is 13.0. The van der Waals surface area contributed by atoms with Crippen LogP contribution >= 0.6 is 11.3 Å². The number of halogens is 6. The molecule has 148 valence electrons. The lowest BCUT2D eigenvalue weighted by atomic mass is 10.0. The SMILES string of the molecule is CCN(C(=O)c1cc(C(F)(F)F)cc(C(F)(F)F)c1)c1nc2ccccc2s1. The van der Waals surface area contributed by atoms with Crippen LogP contribution in [0.15, 0.2) is 42.5 Å². The molecule has 0 atom stereocenters. The molecule has 0 aliphatic heterocycles. The van der Waals surface area contributed by atoms with Crippen molar-refractivity contribution >= 4 is 32.6 Å². The van der Waals surface area contributed by atoms with Crippen LogP contribution in [-0.2, 0) is 12.4 Å². The second kappa shape index (κ2) is 7.08. The first-order valence-electron chi connectivity index (χ1n) is 7.97. The quantitative estimate of drug-likeness (QED) is 0.489. The molecule has 0 saturated carbocycles. The van der Waals surface area contributed by atoms with Crippen LogP contribution in [0.2, 0.25) is 0 Å². The lowest BCUT2D eigenvalue weighted by molar-refractivity contribution is -0.143. The Morgan fingerprint density at radius 1 is 1.00 bits per heavy atom. The normalized spacial score (nSPS) is 12.4. The van der Waals surface area contributed by atoms with Crippen LogP contribution in [-0.4, -0.2) is 17.4 Å². The number of para-hydroxylation sites is 1. The Labute approximate surface area is 159 Å². The minimum atomic E-state index is -5.02. The smallest absolute Gasteiger partial charge is 0.284 e. The van der Waals surface area contributed by atoms with Crippen molar-refractivity contribution in [1.29, 1.82) is 0 Å². The Balaban J connectivity index is 2.08. The Bertz CT molecular complexity index is 960. The molecule has 0 N–H and O–H groups in total. The van der Waals surface area contributed by atoms with E-state index in [1.54, 1.807) is 31.2 Å². The summed E-state index contributed by atoms with van der Waals surface area (Å²) >= 11 is 1.12. The highest BCUT2D eigenvalue weighted by atomic mass is 32.1. The molecule has 0 bridgehead atoms. The highest BCUT2D eigenvalue weighted by Crippen LogP contribution is 2.37. The average Bonchev–Trinajstić information content (AvgIpc) is 3.04. The number of benzene rings is 2. The van der Waals surface area contributed by atoms with Crippen LogP contribution in [0.1, 0.15) is 28.4 Å². The molecule has 0 radical (unpaired) electrons. The molecule has 2 aromatic carbocycles. The number of thiazole rings is 1. The molecule has 0 aliphatic rings. The van der Waals surface area contributed by atoms with Gasteiger partial charge in [0.2, 0.25) is 0 Å². The van der Waals surface area contributed by atoms with Crippen molar-refractivity contribution in [3.63, 3.8) is 0 Å². The Morgan fingerprint density at radius 3 is 2.07 bits per heavy atom. The summed E-state index contributed by atoms with van der Waals surface area (Å²) < 4.78 is 79.0. The van der Waals surface area contributed by atoms with Crippen molar-refractivity contribution in [1.82, 2.24) is 4.98 Å². The van der Waals surface area contributed by atoms with Crippen molar-refractivity contribution < 1.29 is 31.1 Å². The minimum absolute atomic E-state index is 0.00917. The number of aromatic nitrogens is 1. The predicted molar refractivity (Wildman–Crippen MR) is 93.4 cm³/mol. The van der Waals surface area contributed by atoms with E-state index in [1.807, 2.05) is 0 Å². The summed E-state index contributed by atoms with van der Waals surface area (Å²) in [7, 11) is 0. The van der Waals surface area contributed by atoms with E-state index in [1.165, 1.54) is 0 Å². The van der Waals surface area contributed by atoms with Crippen molar-refractivity contribution in [2.75, 3.05) is 11.4 Å². The number of amides is 1. The molecular weight excluding hydrogens is 406 g/mol. The highest BCUT2D eigenvalue weighted by molar-refractivity contribution is 7.22. The van der Waals surface area contributed by atoms with Crippen LogP contribution in [0.4, 0.5) is 31.5 Å². The van der Waals surface area contributed by atoms with Gasteiger partial charge in [-0.2, -0.15) is 26.3 Å². The van der Waals surface area contributed by atoms with Crippen molar-refractivity contribution in [2.24, 2.45) is 0 Å². The fourth-order valence-electron chi connectivity index (χ4n) is 2.58. The summed E-state index contributed by atoms with van der Waals surface area (Å²) in [5.74, 6) is -0.988. The summed E-state index contributed by atoms with van der Waals surface area (Å²) in [4.78, 5) is 18.1. The van der Waals surface area contributed by atoms with Crippen LogP contribution in [0.5, 0.6) is 0 Å². The van der Waals surface area contributed by atoms with E-state index in [-0.39, 0.29) is 17.7 Å². The van der Waals surface area contributed by atoms with Crippen LogP contribution in [0.3, 0.4) is 0 Å². The van der Waals surface area contributed by atoms with Gasteiger partial charge in [-0.25, -0.2) is 4.98 Å². The Kier molecular flexibility index (Phi) is 5.09. The van der Waals surface area contributed by atoms with Gasteiger partial charge >= 0.3 is 12.4 Å². The third kappa shape index (κ3) is 3.96. The third-order valence-corrected chi connectivity index (χ3v) is 4.97. The zero-order valence-electron chi connectivity index (χ0n) is 14.2. The van der Waals surface area contributed by atoms with Gasteiger partial charge in [0, 0.05) is 12.1 Å². The van der Waals surface area contributed by atoms with E-state index in [0.717, 1.165) is 20.9 Å². The van der Waals surface area contributed by atoms with Gasteiger partial charge in [-0.05, 0) is 37.3 Å². The number of hydrogen-bond donors (Lipinski definition) is 0. The van der Waals surface area contributed by atoms with Crippen LogP contribution < -0.4 is 4.90 Å². The molecule has 3 rings (SSSR count). The number of anilines is 1. The molecule has 3 aromatic rings. The zero-order chi connectivity index (χ0) is 20.7. The molecule has 0 fully saturated rings. The second-order valence-corrected chi connectivity index (χ2v) is 6.82. The fourth-order valence-corrected chi connectivity index (χ4v) is 3.60. The molecule has 0 saturated heterocycles. The summed E-state index contributed by atoms with van der Waals surface area (Å²) in [6.45, 7) is 1.58. The first-order chi connectivity index (χ1) is 13.0. The molecule has 10 heteroatoms. The lowest BCUT2D eigenvalue weighted by Crippen LogP contribution is -2.31. The van der Waals surface area contributed by atoms with Gasteiger partial charge in [0.05, 0.1) is 21.3 Å². The van der Waals surface area contributed by atoms with E-state index in [2.05, 4.69) is 4.98 Å². The molecule has 1 amide bonds. The van der Waals surface area contributed by atoms with Crippen molar-refractivity contribution in [3.8, 4) is 0 Å². The molecule has 0 spiro atoms. The monoisotopic (exact) mass is 418 g/mol. The summed E-state index contributed by atoms with van der Waals surface area (Å²) in [5.41, 5.74) is -3.20. The molecule has 0 unspecified atom stereocenters. The van der Waals surface area contributed by atoms with E-state index in [0.29, 0.717) is 17.6 Å². The van der Waals surface area contributed by atoms with Crippen molar-refractivity contribution in [2.45, 2.75) is 19.3 Å². The first kappa shape index (κ1) is 20.1. The summed E-state index contributed by atoms with van der Waals surface area (Å²) in [5, 5.41) is 0.194. The van der Waals surface area contributed by atoms with Gasteiger partial charge in [-0.15, -0.1) is 0 Å². The van der Waals surface area contributed by atoms with Crippen LogP contribution in [0, 0.1) is 0 Å². The molecular formula is C18H12F6N2OS. The number of fused-ring (bicyclic) bond motifs is 1. The Morgan fingerprint density at radius 2 is 1.57 bits per heavy atom. The zero-order valence-corrected chi connectivity index (χ0v) is 15.0. The number of hydrogen-bond acceptors (Lipinski definition) is 3. The van der Waals surface area contributed by atoms with Gasteiger partial charge in [-0.3, -0.25) is 9.69 Å². The third-order valence-electron chi connectivity index (χ3n) is 3.91. The number of carbonyl (C=O) groups excluding carboxylic acids is 1. The molecule has 1 aromatic heterocycles. The molecule has 1 heterocycles. The maximum Gasteiger partial charge on any atom is 0.416 e. The number of nitrogens with zero attached hydrogens (tertiary/aromatic N) is 2. The molecule has 28 heavy (non-hydrogen) atoms. The standard InChI is InChI=1S/C18H12F6N2OS/c1-2-26(16-25-13-5-3-4-6-14(13)28-16)15(27)10-7-11(17(19,20)21)9-12(8-10)18(22,23)24/h3-9H,2H2,1H3. The van der Waals surface area contributed by atoms with E-state index >= 15 is 0 Å². The van der Waals surface area contributed by atoms with Gasteiger partial charge < -0.3 is 0 Å². The number of carbonyl (C=O) groups is 1. The predicted octanol–water partition coefficient (Wildman–Crippen LogP) is 6.00. The van der Waals surface area contributed by atoms with Gasteiger partial charge in [0.15, 0.2) is 5.13 Å². The highest BCUT2D eigenvalue weighted by Gasteiger charge is 2.38. The largest absolute Gasteiger partial charge is 0.416 e. The topological polar surface area (TPSA) is 33.2 Å². The molecule has 0 aliphatic carbocycles. The summed E-state index contributed by atoms with van der Waals surface area (Å²) in [6, 6.07) is 7.77. The van der Waals surface area contributed by atoms with Crippen molar-refractivity contribution in [3.05, 3.63) is 59.2 Å². The van der Waals surface area contributed by atoms with Crippen LogP contribution in [0.25, 0.3) is 10.2 Å². The second-order valence-electron chi connectivity index (χ2n) is 5.81. The summed E-state index contributed by atoms with van der Waals surface area (Å²) in [6.07, 6.45) is -10.0. The van der Waals surface area contributed by atoms with E-state index < -0.39 is 35.0 Å². The number of alkyl halides is 6.